The minimum absolute atomic E-state index is 0.181. The fraction of sp³-hybridized carbons (Fsp3) is 0.160. The number of benzene rings is 3. The van der Waals surface area contributed by atoms with Crippen molar-refractivity contribution >= 4 is 23.5 Å². The van der Waals surface area contributed by atoms with Gasteiger partial charge in [-0.3, -0.25) is 14.4 Å². The van der Waals surface area contributed by atoms with Crippen molar-refractivity contribution in [2.45, 2.75) is 13.5 Å². The molecule has 8 heteroatoms. The largest absolute Gasteiger partial charge is 0.493 e. The van der Waals surface area contributed by atoms with Crippen LogP contribution in [-0.2, 0) is 16.1 Å². The maximum absolute atomic E-state index is 12.5. The lowest BCUT2D eigenvalue weighted by Gasteiger charge is -2.13. The summed E-state index contributed by atoms with van der Waals surface area (Å²) in [7, 11) is 1.53. The van der Waals surface area contributed by atoms with Crippen LogP contribution in [0.4, 0.5) is 5.69 Å². The first-order valence-electron chi connectivity index (χ1n) is 10.2. The number of hydrogen-bond donors (Lipinski definition) is 2. The van der Waals surface area contributed by atoms with Gasteiger partial charge in [-0.1, -0.05) is 36.4 Å². The molecule has 0 aliphatic carbocycles. The minimum atomic E-state index is -0.466. The number of rotatable bonds is 9. The minimum Gasteiger partial charge on any atom is -0.493 e. The maximum atomic E-state index is 12.5. The van der Waals surface area contributed by atoms with Crippen LogP contribution in [0.2, 0.25) is 0 Å². The third-order valence-corrected chi connectivity index (χ3v) is 4.52. The van der Waals surface area contributed by atoms with Crippen LogP contribution in [-0.4, -0.2) is 31.5 Å². The van der Waals surface area contributed by atoms with Crippen LogP contribution in [0.3, 0.4) is 0 Å². The molecule has 0 radical (unpaired) electrons. The van der Waals surface area contributed by atoms with Gasteiger partial charge in [0.25, 0.3) is 11.8 Å². The van der Waals surface area contributed by atoms with Crippen LogP contribution in [0.1, 0.15) is 22.8 Å². The highest BCUT2D eigenvalue weighted by Crippen LogP contribution is 2.25. The first kappa shape index (κ1) is 23.3. The van der Waals surface area contributed by atoms with Crippen LogP contribution < -0.4 is 24.8 Å². The van der Waals surface area contributed by atoms with E-state index in [4.69, 9.17) is 14.2 Å². The van der Waals surface area contributed by atoms with Crippen LogP contribution in [0.25, 0.3) is 0 Å². The molecule has 0 fully saturated rings. The number of amides is 2. The highest BCUT2D eigenvalue weighted by Gasteiger charge is 2.12. The molecule has 0 spiro atoms. The molecule has 0 heterocycles. The summed E-state index contributed by atoms with van der Waals surface area (Å²) in [5.41, 5.74) is 1.62. The second kappa shape index (κ2) is 11.3. The Balaban J connectivity index is 1.59. The van der Waals surface area contributed by atoms with Crippen molar-refractivity contribution in [1.82, 2.24) is 5.32 Å². The molecule has 170 valence electrons. The SMILES string of the molecule is COc1ccccc1OCC(=O)Nc1ccccc1CNC(=O)c1cccc(OC(C)=O)c1. The highest BCUT2D eigenvalue weighted by atomic mass is 16.5. The number of hydrogen-bond acceptors (Lipinski definition) is 6. The fourth-order valence-corrected chi connectivity index (χ4v) is 3.01. The van der Waals surface area contributed by atoms with Crippen molar-refractivity contribution in [3.05, 3.63) is 83.9 Å². The lowest BCUT2D eigenvalue weighted by molar-refractivity contribution is -0.131. The van der Waals surface area contributed by atoms with Gasteiger partial charge in [-0.2, -0.15) is 0 Å². The molecule has 3 aromatic rings. The summed E-state index contributed by atoms with van der Waals surface area (Å²) >= 11 is 0. The summed E-state index contributed by atoms with van der Waals surface area (Å²) in [5.74, 6) is 0.126. The monoisotopic (exact) mass is 448 g/mol. The summed E-state index contributed by atoms with van der Waals surface area (Å²) in [4.78, 5) is 36.1. The Hall–Kier alpha value is -4.33. The Morgan fingerprint density at radius 1 is 0.879 bits per heavy atom. The number of nitrogens with one attached hydrogen (secondary N) is 2. The maximum Gasteiger partial charge on any atom is 0.308 e. The number of ether oxygens (including phenoxy) is 3. The van der Waals surface area contributed by atoms with E-state index >= 15 is 0 Å². The van der Waals surface area contributed by atoms with Crippen molar-refractivity contribution in [1.29, 1.82) is 0 Å². The van der Waals surface area contributed by atoms with E-state index in [1.54, 1.807) is 54.6 Å². The zero-order valence-corrected chi connectivity index (χ0v) is 18.3. The standard InChI is InChI=1S/C25H24N2O6/c1-17(28)33-20-10-7-9-18(14-20)25(30)26-15-19-8-3-4-11-21(19)27-24(29)16-32-23-13-6-5-12-22(23)31-2/h3-14H,15-16H2,1-2H3,(H,26,30)(H,27,29). The fourth-order valence-electron chi connectivity index (χ4n) is 3.01. The molecule has 0 aliphatic heterocycles. The van der Waals surface area contributed by atoms with Crippen molar-refractivity contribution in [3.63, 3.8) is 0 Å². The van der Waals surface area contributed by atoms with E-state index < -0.39 is 5.97 Å². The summed E-state index contributed by atoms with van der Waals surface area (Å²) in [6.45, 7) is 1.27. The molecule has 8 nitrogen and oxygen atoms in total. The van der Waals surface area contributed by atoms with Gasteiger partial charge in [-0.15, -0.1) is 0 Å². The Morgan fingerprint density at radius 3 is 2.36 bits per heavy atom. The number of carbonyl (C=O) groups is 3. The molecule has 0 aromatic heterocycles. The number of anilines is 1. The molecular weight excluding hydrogens is 424 g/mol. The molecule has 3 aromatic carbocycles. The van der Waals surface area contributed by atoms with Gasteiger partial charge in [0, 0.05) is 24.7 Å². The predicted molar refractivity (Wildman–Crippen MR) is 122 cm³/mol. The Kier molecular flexibility index (Phi) is 8.02. The van der Waals surface area contributed by atoms with Gasteiger partial charge in [0.1, 0.15) is 5.75 Å². The highest BCUT2D eigenvalue weighted by molar-refractivity contribution is 5.95. The van der Waals surface area contributed by atoms with E-state index in [0.29, 0.717) is 28.3 Å². The first-order chi connectivity index (χ1) is 16.0. The number of carbonyl (C=O) groups excluding carboxylic acids is 3. The molecule has 0 bridgehead atoms. The van der Waals surface area contributed by atoms with E-state index in [-0.39, 0.29) is 30.7 Å². The summed E-state index contributed by atoms with van der Waals surface area (Å²) in [5, 5.41) is 5.60. The summed E-state index contributed by atoms with van der Waals surface area (Å²) < 4.78 is 15.8. The molecule has 0 saturated carbocycles. The molecule has 0 saturated heterocycles. The van der Waals surface area contributed by atoms with Gasteiger partial charge in [0.2, 0.25) is 0 Å². The van der Waals surface area contributed by atoms with Gasteiger partial charge < -0.3 is 24.8 Å². The number of methoxy groups -OCH3 is 1. The topological polar surface area (TPSA) is 103 Å². The average molecular weight is 448 g/mol. The third-order valence-electron chi connectivity index (χ3n) is 4.52. The average Bonchev–Trinajstić information content (AvgIpc) is 2.82. The first-order valence-corrected chi connectivity index (χ1v) is 10.2. The van der Waals surface area contributed by atoms with Gasteiger partial charge in [0.15, 0.2) is 18.1 Å². The molecule has 0 unspecified atom stereocenters. The van der Waals surface area contributed by atoms with Crippen LogP contribution in [0, 0.1) is 0 Å². The van der Waals surface area contributed by atoms with Crippen LogP contribution in [0.5, 0.6) is 17.2 Å². The van der Waals surface area contributed by atoms with E-state index in [2.05, 4.69) is 10.6 Å². The second-order valence-electron chi connectivity index (χ2n) is 6.95. The van der Waals surface area contributed by atoms with Crippen molar-refractivity contribution in [3.8, 4) is 17.2 Å². The summed E-state index contributed by atoms with van der Waals surface area (Å²) in [6, 6.07) is 20.5. The van der Waals surface area contributed by atoms with Gasteiger partial charge in [-0.25, -0.2) is 0 Å². The molecule has 2 amide bonds. The Bertz CT molecular complexity index is 1150. The zero-order valence-electron chi connectivity index (χ0n) is 18.3. The Labute approximate surface area is 191 Å². The van der Waals surface area contributed by atoms with Gasteiger partial charge in [-0.05, 0) is 42.0 Å². The zero-order chi connectivity index (χ0) is 23.6. The number of para-hydroxylation sites is 3. The van der Waals surface area contributed by atoms with Crippen molar-refractivity contribution in [2.24, 2.45) is 0 Å². The second-order valence-corrected chi connectivity index (χ2v) is 6.95. The lowest BCUT2D eigenvalue weighted by atomic mass is 10.1. The van der Waals surface area contributed by atoms with Crippen LogP contribution >= 0.6 is 0 Å². The third kappa shape index (κ3) is 6.83. The van der Waals surface area contributed by atoms with E-state index in [0.717, 1.165) is 0 Å². The smallest absolute Gasteiger partial charge is 0.308 e. The normalized spacial score (nSPS) is 10.1. The number of esters is 1. The molecule has 0 aliphatic rings. The lowest BCUT2D eigenvalue weighted by Crippen LogP contribution is -2.25. The van der Waals surface area contributed by atoms with E-state index in [9.17, 15) is 14.4 Å². The molecule has 2 N–H and O–H groups in total. The predicted octanol–water partition coefficient (Wildman–Crippen LogP) is 3.57. The molecule has 3 rings (SSSR count). The molecule has 33 heavy (non-hydrogen) atoms. The van der Waals surface area contributed by atoms with Crippen LogP contribution in [0.15, 0.2) is 72.8 Å². The van der Waals surface area contributed by atoms with E-state index in [1.165, 1.54) is 20.1 Å². The van der Waals surface area contributed by atoms with Crippen molar-refractivity contribution in [2.75, 3.05) is 19.0 Å². The Morgan fingerprint density at radius 2 is 1.61 bits per heavy atom. The summed E-state index contributed by atoms with van der Waals surface area (Å²) in [6.07, 6.45) is 0. The van der Waals surface area contributed by atoms with E-state index in [1.807, 2.05) is 12.1 Å². The quantitative estimate of drug-likeness (QED) is 0.383. The van der Waals surface area contributed by atoms with Gasteiger partial charge >= 0.3 is 5.97 Å². The van der Waals surface area contributed by atoms with Crippen molar-refractivity contribution < 1.29 is 28.6 Å². The molecule has 0 atom stereocenters. The molecular formula is C25H24N2O6. The van der Waals surface area contributed by atoms with Gasteiger partial charge in [0.05, 0.1) is 7.11 Å².